The first-order valence-corrected chi connectivity index (χ1v) is 30.9. The van der Waals surface area contributed by atoms with Gasteiger partial charge in [-0.05, 0) is 10.9 Å². The SMILES string of the molecule is C[Si](C)(C)c1ccc(-c2[c-]cccc2)nc1.[2H]C(c1ccccc1)(c1ccnc(-c2[c-]c[c]([Ge]([CH3])([CH3])[CH3])c3c2sc2ccccc23)c1)c1ccc2ccccc2c1.[Ir]. The van der Waals surface area contributed by atoms with Crippen LogP contribution < -0.4 is 9.58 Å². The number of nitrogens with zero attached hydrogens (tertiary/aromatic N) is 2. The Morgan fingerprint density at radius 1 is 0.667 bits per heavy atom. The van der Waals surface area contributed by atoms with Gasteiger partial charge in [0.1, 0.15) is 0 Å². The Morgan fingerprint density at radius 3 is 2.11 bits per heavy atom. The molecule has 0 N–H and O–H groups in total. The molecule has 0 bridgehead atoms. The maximum absolute atomic E-state index is 10.1. The van der Waals surface area contributed by atoms with Crippen molar-refractivity contribution in [1.82, 2.24) is 9.97 Å². The van der Waals surface area contributed by atoms with Gasteiger partial charge in [-0.1, -0.05) is 50.0 Å². The van der Waals surface area contributed by atoms with Crippen molar-refractivity contribution in [2.45, 2.75) is 42.8 Å². The van der Waals surface area contributed by atoms with E-state index in [0.29, 0.717) is 0 Å². The second kappa shape index (κ2) is 17.2. The van der Waals surface area contributed by atoms with Crippen molar-refractivity contribution in [2.75, 3.05) is 0 Å². The summed E-state index contributed by atoms with van der Waals surface area (Å²) in [6.45, 7) is 7.00. The summed E-state index contributed by atoms with van der Waals surface area (Å²) in [6, 6.07) is 59.1. The van der Waals surface area contributed by atoms with Gasteiger partial charge in [0.15, 0.2) is 0 Å². The molecule has 285 valence electrons. The average Bonchev–Trinajstić information content (AvgIpc) is 3.63. The first-order valence-electron chi connectivity index (χ1n) is 19.7. The molecule has 0 aliphatic carbocycles. The molecule has 6 aromatic carbocycles. The third kappa shape index (κ3) is 8.84. The van der Waals surface area contributed by atoms with Gasteiger partial charge >= 0.3 is 227 Å². The summed E-state index contributed by atoms with van der Waals surface area (Å²) >= 11 is -0.359. The molecule has 0 fully saturated rings. The largest absolute Gasteiger partial charge is 0 e. The Morgan fingerprint density at radius 2 is 1.39 bits per heavy atom. The summed E-state index contributed by atoms with van der Waals surface area (Å²) in [5.74, 6) is 6.24. The summed E-state index contributed by atoms with van der Waals surface area (Å²) in [7, 11) is -1.23. The van der Waals surface area contributed by atoms with Crippen molar-refractivity contribution in [3.63, 3.8) is 0 Å². The first kappa shape index (κ1) is 39.3. The molecular formula is C51H46GeIrN2SSi-2. The molecule has 0 spiro atoms. The predicted molar refractivity (Wildman–Crippen MR) is 247 cm³/mol. The van der Waals surface area contributed by atoms with Crippen LogP contribution in [0.25, 0.3) is 53.5 Å². The predicted octanol–water partition coefficient (Wildman–Crippen LogP) is 12.9. The molecule has 9 rings (SSSR count). The average molecular weight is 1010 g/mol. The summed E-state index contributed by atoms with van der Waals surface area (Å²) in [5.41, 5.74) is 6.70. The maximum atomic E-state index is 10.1. The van der Waals surface area contributed by atoms with E-state index in [2.05, 4.69) is 157 Å². The van der Waals surface area contributed by atoms with E-state index >= 15 is 0 Å². The van der Waals surface area contributed by atoms with Crippen LogP contribution in [0.15, 0.2) is 164 Å². The minimum Gasteiger partial charge on any atom is 0 e. The van der Waals surface area contributed by atoms with Crippen LogP contribution >= 0.6 is 11.3 Å². The molecule has 1 atom stereocenters. The molecule has 0 saturated carbocycles. The van der Waals surface area contributed by atoms with Gasteiger partial charge in [-0.25, -0.2) is 0 Å². The number of aromatic nitrogens is 2. The van der Waals surface area contributed by atoms with Gasteiger partial charge < -0.3 is 4.98 Å². The number of rotatable bonds is 7. The summed E-state index contributed by atoms with van der Waals surface area (Å²) in [4.78, 5) is 9.40. The van der Waals surface area contributed by atoms with Crippen molar-refractivity contribution in [1.29, 1.82) is 0 Å². The molecule has 0 amide bonds. The standard InChI is InChI=1S/C37H30GeNS.C14H16NSi.Ir/c1-38(2,3)32-20-19-30(37-36(32)31-15-9-10-16-34(31)40-37)33-24-29(21-22-39-33)35(26-12-5-4-6-13-26)28-18-17-25-11-7-8-14-27(25)23-28;1-16(2,3)13-9-10-14(15-11-13)12-7-5-4-6-8-12;/h4-18,20-24,35H,1-3H3;4-7,9-11H,1-3H3;/q2*-1;/i35D;;. The molecule has 3 aromatic heterocycles. The second-order valence-corrected chi connectivity index (χ2v) is 33.0. The summed E-state index contributed by atoms with van der Waals surface area (Å²) < 4.78 is 14.1. The van der Waals surface area contributed by atoms with Gasteiger partial charge in [-0.15, -0.1) is 35.9 Å². The van der Waals surface area contributed by atoms with Crippen molar-refractivity contribution in [3.8, 4) is 22.5 Å². The van der Waals surface area contributed by atoms with Crippen LogP contribution in [0.3, 0.4) is 0 Å². The third-order valence-corrected chi connectivity index (χ3v) is 17.7. The van der Waals surface area contributed by atoms with Gasteiger partial charge in [0.05, 0.1) is 8.07 Å². The van der Waals surface area contributed by atoms with E-state index in [9.17, 15) is 1.37 Å². The van der Waals surface area contributed by atoms with Crippen molar-refractivity contribution in [2.24, 2.45) is 0 Å². The quantitative estimate of drug-likeness (QED) is 0.117. The van der Waals surface area contributed by atoms with E-state index in [1.807, 2.05) is 72.3 Å². The van der Waals surface area contributed by atoms with E-state index in [0.717, 1.165) is 44.6 Å². The number of hydrogen-bond acceptors (Lipinski definition) is 3. The van der Waals surface area contributed by atoms with E-state index in [1.165, 1.54) is 35.1 Å². The minimum absolute atomic E-state index is 0. The van der Waals surface area contributed by atoms with Crippen LogP contribution in [-0.4, -0.2) is 31.3 Å². The van der Waals surface area contributed by atoms with Crippen LogP contribution in [0.1, 0.15) is 24.0 Å². The van der Waals surface area contributed by atoms with Gasteiger partial charge in [-0.2, -0.15) is 0 Å². The van der Waals surface area contributed by atoms with Crippen LogP contribution in [0.5, 0.6) is 0 Å². The summed E-state index contributed by atoms with van der Waals surface area (Å²) in [5, 5.41) is 6.40. The normalized spacial score (nSPS) is 13.0. The number of thiophene rings is 1. The van der Waals surface area contributed by atoms with E-state index in [-0.39, 0.29) is 20.1 Å². The monoisotopic (exact) mass is 1010 g/mol. The Hall–Kier alpha value is -4.49. The molecular weight excluding hydrogens is 966 g/mol. The topological polar surface area (TPSA) is 25.8 Å². The summed E-state index contributed by atoms with van der Waals surface area (Å²) in [6.07, 6.45) is 3.88. The van der Waals surface area contributed by atoms with Crippen LogP contribution in [0.2, 0.25) is 36.9 Å². The molecule has 6 heteroatoms. The Bertz CT molecular complexity index is 2830. The number of benzene rings is 6. The third-order valence-electron chi connectivity index (χ3n) is 10.3. The first-order chi connectivity index (χ1) is 27.4. The van der Waals surface area contributed by atoms with Crippen LogP contribution in [0, 0.1) is 12.1 Å². The Kier molecular flexibility index (Phi) is 11.8. The maximum Gasteiger partial charge on any atom is 0 e. The minimum atomic E-state index is -2.19. The van der Waals surface area contributed by atoms with Gasteiger partial charge in [0.2, 0.25) is 0 Å². The molecule has 9 aromatic rings. The smallest absolute Gasteiger partial charge is 0 e. The zero-order chi connectivity index (χ0) is 39.8. The van der Waals surface area contributed by atoms with E-state index in [1.54, 1.807) is 0 Å². The van der Waals surface area contributed by atoms with Gasteiger partial charge in [0, 0.05) is 26.3 Å². The molecule has 0 aliphatic rings. The molecule has 2 nitrogen and oxygen atoms in total. The zero-order valence-electron chi connectivity index (χ0n) is 34.2. The second-order valence-electron chi connectivity index (χ2n) is 16.3. The molecule has 1 unspecified atom stereocenters. The van der Waals surface area contributed by atoms with Gasteiger partial charge in [0.25, 0.3) is 0 Å². The molecule has 57 heavy (non-hydrogen) atoms. The molecule has 0 saturated heterocycles. The fourth-order valence-electron chi connectivity index (χ4n) is 7.27. The molecule has 0 aliphatic heterocycles. The van der Waals surface area contributed by atoms with Crippen LogP contribution in [-0.2, 0) is 20.1 Å². The van der Waals surface area contributed by atoms with E-state index < -0.39 is 27.2 Å². The van der Waals surface area contributed by atoms with Crippen molar-refractivity contribution < 1.29 is 21.5 Å². The number of fused-ring (bicyclic) bond motifs is 4. The van der Waals surface area contributed by atoms with Gasteiger partial charge in [-0.3, -0.25) is 0 Å². The van der Waals surface area contributed by atoms with Crippen molar-refractivity contribution in [3.05, 3.63) is 193 Å². The Balaban J connectivity index is 0.000000254. The van der Waals surface area contributed by atoms with E-state index in [4.69, 9.17) is 4.98 Å². The number of pyridine rings is 2. The number of hydrogen-bond donors (Lipinski definition) is 0. The van der Waals surface area contributed by atoms with Crippen molar-refractivity contribution >= 4 is 73.2 Å². The Labute approximate surface area is 360 Å². The fourth-order valence-corrected chi connectivity index (χ4v) is 12.9. The van der Waals surface area contributed by atoms with Crippen LogP contribution in [0.4, 0.5) is 0 Å². The fraction of sp³-hybridized carbons (Fsp3) is 0.137. The molecule has 3 heterocycles. The zero-order valence-corrected chi connectivity index (χ0v) is 39.5. The molecule has 1 radical (unpaired) electrons.